The first-order valence-electron chi connectivity index (χ1n) is 4.94. The van der Waals surface area contributed by atoms with Gasteiger partial charge in [-0.25, -0.2) is 13.1 Å². The van der Waals surface area contributed by atoms with Crippen LogP contribution >= 0.6 is 11.6 Å². The van der Waals surface area contributed by atoms with Crippen LogP contribution in [0.15, 0.2) is 23.1 Å². The Balaban J connectivity index is 2.22. The number of nitrogens with zero attached hydrogens (tertiary/aromatic N) is 4. The Bertz CT molecular complexity index is 722. The van der Waals surface area contributed by atoms with Gasteiger partial charge in [0.25, 0.3) is 0 Å². The van der Waals surface area contributed by atoms with Gasteiger partial charge in [0.05, 0.1) is 23.2 Å². The minimum Gasteiger partial charge on any atom is -0.207 e. The van der Waals surface area contributed by atoms with E-state index in [0.717, 1.165) is 0 Å². The van der Waals surface area contributed by atoms with E-state index in [1.165, 1.54) is 18.2 Å². The first kappa shape index (κ1) is 13.4. The minimum atomic E-state index is -3.81. The Morgan fingerprint density at radius 2 is 2.26 bits per heavy atom. The second-order valence-corrected chi connectivity index (χ2v) is 5.55. The van der Waals surface area contributed by atoms with Crippen molar-refractivity contribution in [3.63, 3.8) is 0 Å². The van der Waals surface area contributed by atoms with Gasteiger partial charge in [-0.3, -0.25) is 0 Å². The van der Waals surface area contributed by atoms with Crippen LogP contribution in [0.1, 0.15) is 11.4 Å². The first-order valence-corrected chi connectivity index (χ1v) is 6.80. The molecule has 2 aromatic rings. The molecule has 1 heterocycles. The molecule has 0 fully saturated rings. The standard InChI is InChI=1S/C9H7ClN6O2S/c10-7-3-6(4-11)1-2-8(7)19(17,18)12-5-9-13-15-16-14-9/h1-3,12H,5H2,(H,13,14,15,16). The number of hydrogen-bond donors (Lipinski definition) is 2. The normalized spacial score (nSPS) is 11.2. The zero-order valence-electron chi connectivity index (χ0n) is 9.33. The summed E-state index contributed by atoms with van der Waals surface area (Å²) >= 11 is 5.83. The van der Waals surface area contributed by atoms with E-state index >= 15 is 0 Å². The molecule has 0 saturated heterocycles. The van der Waals surface area contributed by atoms with Crippen molar-refractivity contribution < 1.29 is 8.42 Å². The molecule has 2 N–H and O–H groups in total. The van der Waals surface area contributed by atoms with Gasteiger partial charge in [-0.2, -0.15) is 10.5 Å². The number of aromatic amines is 1. The van der Waals surface area contributed by atoms with Crippen molar-refractivity contribution >= 4 is 21.6 Å². The molecular formula is C9H7ClN6O2S. The zero-order chi connectivity index (χ0) is 13.9. The third kappa shape index (κ3) is 3.05. The summed E-state index contributed by atoms with van der Waals surface area (Å²) in [6.45, 7) is -0.116. The molecule has 0 spiro atoms. The molecule has 0 saturated carbocycles. The molecule has 8 nitrogen and oxygen atoms in total. The van der Waals surface area contributed by atoms with Crippen LogP contribution in [-0.4, -0.2) is 29.0 Å². The van der Waals surface area contributed by atoms with E-state index in [9.17, 15) is 8.42 Å². The Morgan fingerprint density at radius 1 is 1.47 bits per heavy atom. The predicted molar refractivity (Wildman–Crippen MR) is 64.4 cm³/mol. The van der Waals surface area contributed by atoms with Gasteiger partial charge in [0.15, 0.2) is 5.82 Å². The Labute approximate surface area is 113 Å². The van der Waals surface area contributed by atoms with Crippen LogP contribution < -0.4 is 4.72 Å². The molecule has 2 rings (SSSR count). The van der Waals surface area contributed by atoms with Crippen LogP contribution in [0.2, 0.25) is 5.02 Å². The van der Waals surface area contributed by atoms with Crippen molar-refractivity contribution in [1.29, 1.82) is 5.26 Å². The molecule has 0 radical (unpaired) electrons. The van der Waals surface area contributed by atoms with Gasteiger partial charge in [0.1, 0.15) is 4.90 Å². The summed E-state index contributed by atoms with van der Waals surface area (Å²) in [6, 6.07) is 5.78. The molecule has 0 unspecified atom stereocenters. The lowest BCUT2D eigenvalue weighted by Gasteiger charge is -2.06. The highest BCUT2D eigenvalue weighted by Gasteiger charge is 2.18. The van der Waals surface area contributed by atoms with Crippen LogP contribution in [0.5, 0.6) is 0 Å². The van der Waals surface area contributed by atoms with Gasteiger partial charge in [-0.1, -0.05) is 16.8 Å². The molecule has 0 atom stereocenters. The molecule has 0 amide bonds. The number of aromatic nitrogens is 4. The highest BCUT2D eigenvalue weighted by Crippen LogP contribution is 2.22. The third-order valence-corrected chi connectivity index (χ3v) is 4.04. The fourth-order valence-corrected chi connectivity index (χ4v) is 2.81. The number of H-pyrrole nitrogens is 1. The molecule has 10 heteroatoms. The first-order chi connectivity index (χ1) is 9.03. The molecule has 1 aromatic heterocycles. The fourth-order valence-electron chi connectivity index (χ4n) is 1.28. The lowest BCUT2D eigenvalue weighted by Crippen LogP contribution is -2.24. The summed E-state index contributed by atoms with van der Waals surface area (Å²) in [5.74, 6) is 0.202. The van der Waals surface area contributed by atoms with Crippen molar-refractivity contribution in [3.05, 3.63) is 34.6 Å². The van der Waals surface area contributed by atoms with Crippen molar-refractivity contribution in [2.45, 2.75) is 11.4 Å². The molecule has 19 heavy (non-hydrogen) atoms. The third-order valence-electron chi connectivity index (χ3n) is 2.16. The van der Waals surface area contributed by atoms with Crippen molar-refractivity contribution in [2.24, 2.45) is 0 Å². The monoisotopic (exact) mass is 298 g/mol. The largest absolute Gasteiger partial charge is 0.242 e. The van der Waals surface area contributed by atoms with E-state index in [2.05, 4.69) is 25.3 Å². The maximum atomic E-state index is 12.0. The van der Waals surface area contributed by atoms with E-state index < -0.39 is 10.0 Å². The Kier molecular flexibility index (Phi) is 3.75. The Hall–Kier alpha value is -2.02. The minimum absolute atomic E-state index is 0.0281. The molecule has 1 aromatic carbocycles. The number of rotatable bonds is 4. The van der Waals surface area contributed by atoms with E-state index in [4.69, 9.17) is 16.9 Å². The molecule has 0 aliphatic carbocycles. The summed E-state index contributed by atoms with van der Waals surface area (Å²) in [7, 11) is -3.81. The van der Waals surface area contributed by atoms with Crippen LogP contribution in [-0.2, 0) is 16.6 Å². The number of hydrogen-bond acceptors (Lipinski definition) is 6. The van der Waals surface area contributed by atoms with Crippen LogP contribution in [0.4, 0.5) is 0 Å². The van der Waals surface area contributed by atoms with Gasteiger partial charge in [0.2, 0.25) is 10.0 Å². The average molecular weight is 299 g/mol. The van der Waals surface area contributed by atoms with Gasteiger partial charge in [-0.15, -0.1) is 10.2 Å². The topological polar surface area (TPSA) is 124 Å². The maximum Gasteiger partial charge on any atom is 0.242 e. The summed E-state index contributed by atoms with van der Waals surface area (Å²) in [5, 5.41) is 21.4. The highest BCUT2D eigenvalue weighted by molar-refractivity contribution is 7.89. The molecule has 0 aliphatic heterocycles. The fraction of sp³-hybridized carbons (Fsp3) is 0.111. The van der Waals surface area contributed by atoms with Gasteiger partial charge in [0, 0.05) is 0 Å². The van der Waals surface area contributed by atoms with E-state index in [1.54, 1.807) is 0 Å². The maximum absolute atomic E-state index is 12.0. The Morgan fingerprint density at radius 3 is 2.84 bits per heavy atom. The number of halogens is 1. The summed E-state index contributed by atoms with van der Waals surface area (Å²) in [6.07, 6.45) is 0. The second-order valence-electron chi connectivity index (χ2n) is 3.41. The van der Waals surface area contributed by atoms with Crippen molar-refractivity contribution in [1.82, 2.24) is 25.3 Å². The van der Waals surface area contributed by atoms with Gasteiger partial charge >= 0.3 is 0 Å². The molecule has 0 bridgehead atoms. The number of benzene rings is 1. The molecule has 98 valence electrons. The van der Waals surface area contributed by atoms with Gasteiger partial charge in [-0.05, 0) is 18.2 Å². The van der Waals surface area contributed by atoms with E-state index in [1.807, 2.05) is 6.07 Å². The summed E-state index contributed by atoms with van der Waals surface area (Å²) in [4.78, 5) is -0.114. The van der Waals surface area contributed by atoms with Crippen molar-refractivity contribution in [2.75, 3.05) is 0 Å². The van der Waals surface area contributed by atoms with Crippen LogP contribution in [0.3, 0.4) is 0 Å². The average Bonchev–Trinajstić information content (AvgIpc) is 2.89. The van der Waals surface area contributed by atoms with Gasteiger partial charge < -0.3 is 0 Å². The lowest BCUT2D eigenvalue weighted by atomic mass is 10.2. The lowest BCUT2D eigenvalue weighted by molar-refractivity contribution is 0.579. The van der Waals surface area contributed by atoms with Crippen LogP contribution in [0, 0.1) is 11.3 Å². The number of sulfonamides is 1. The quantitative estimate of drug-likeness (QED) is 0.831. The zero-order valence-corrected chi connectivity index (χ0v) is 10.9. The second kappa shape index (κ2) is 5.31. The highest BCUT2D eigenvalue weighted by atomic mass is 35.5. The number of tetrazole rings is 1. The molecule has 0 aliphatic rings. The SMILES string of the molecule is N#Cc1ccc(S(=O)(=O)NCc2nn[nH]n2)c(Cl)c1. The predicted octanol–water partition coefficient (Wildman–Crippen LogP) is 0.203. The molecular weight excluding hydrogens is 292 g/mol. The summed E-state index contributed by atoms with van der Waals surface area (Å²) in [5.41, 5.74) is 0.280. The summed E-state index contributed by atoms with van der Waals surface area (Å²) < 4.78 is 26.2. The van der Waals surface area contributed by atoms with Crippen molar-refractivity contribution in [3.8, 4) is 6.07 Å². The van der Waals surface area contributed by atoms with E-state index in [0.29, 0.717) is 0 Å². The smallest absolute Gasteiger partial charge is 0.207 e. The van der Waals surface area contributed by atoms with Crippen LogP contribution in [0.25, 0.3) is 0 Å². The number of nitriles is 1. The van der Waals surface area contributed by atoms with E-state index in [-0.39, 0.29) is 27.9 Å². The number of nitrogens with one attached hydrogen (secondary N) is 2.